The van der Waals surface area contributed by atoms with E-state index in [4.69, 9.17) is 9.47 Å². The van der Waals surface area contributed by atoms with Crippen LogP contribution in [0.2, 0.25) is 0 Å². The molecule has 2 aliphatic rings. The van der Waals surface area contributed by atoms with E-state index in [9.17, 15) is 9.59 Å². The van der Waals surface area contributed by atoms with Crippen molar-refractivity contribution in [3.05, 3.63) is 34.4 Å². The van der Waals surface area contributed by atoms with E-state index < -0.39 is 11.9 Å². The van der Waals surface area contributed by atoms with E-state index in [0.29, 0.717) is 17.4 Å². The minimum atomic E-state index is -0.403. The van der Waals surface area contributed by atoms with E-state index in [1.54, 1.807) is 0 Å². The zero-order chi connectivity index (χ0) is 20.6. The molecule has 0 amide bonds. The SMILES string of the molecule is CC(=O)Oc1c(C(C)C)cc2c(c1OC(C)=O)CC1=CCCC(C)(C)C1CC2. The van der Waals surface area contributed by atoms with E-state index in [1.807, 2.05) is 0 Å². The van der Waals surface area contributed by atoms with Gasteiger partial charge in [-0.15, -0.1) is 0 Å². The van der Waals surface area contributed by atoms with Crippen LogP contribution in [0.15, 0.2) is 17.7 Å². The third-order valence-electron chi connectivity index (χ3n) is 6.24. The summed E-state index contributed by atoms with van der Waals surface area (Å²) in [4.78, 5) is 23.7. The lowest BCUT2D eigenvalue weighted by Crippen LogP contribution is -2.29. The highest BCUT2D eigenvalue weighted by Crippen LogP contribution is 2.50. The predicted octanol–water partition coefficient (Wildman–Crippen LogP) is 5.51. The fourth-order valence-electron chi connectivity index (χ4n) is 4.82. The van der Waals surface area contributed by atoms with Crippen molar-refractivity contribution in [2.75, 3.05) is 0 Å². The normalized spacial score (nSPS) is 20.5. The van der Waals surface area contributed by atoms with Crippen LogP contribution in [0, 0.1) is 11.3 Å². The quantitative estimate of drug-likeness (QED) is 0.392. The number of hydrogen-bond acceptors (Lipinski definition) is 4. The summed E-state index contributed by atoms with van der Waals surface area (Å²) in [7, 11) is 0. The minimum absolute atomic E-state index is 0.148. The number of carbonyl (C=O) groups excluding carboxylic acids is 2. The van der Waals surface area contributed by atoms with E-state index in [-0.39, 0.29) is 11.3 Å². The molecule has 0 bridgehead atoms. The maximum Gasteiger partial charge on any atom is 0.308 e. The van der Waals surface area contributed by atoms with Crippen LogP contribution in [0.5, 0.6) is 11.5 Å². The average Bonchev–Trinajstić information content (AvgIpc) is 2.75. The molecule has 0 radical (unpaired) electrons. The molecule has 2 aliphatic carbocycles. The predicted molar refractivity (Wildman–Crippen MR) is 110 cm³/mol. The van der Waals surface area contributed by atoms with Gasteiger partial charge in [-0.05, 0) is 54.9 Å². The summed E-state index contributed by atoms with van der Waals surface area (Å²) in [6, 6.07) is 2.16. The Balaban J connectivity index is 2.19. The molecular weight excluding hydrogens is 352 g/mol. The lowest BCUT2D eigenvalue weighted by atomic mass is 9.66. The van der Waals surface area contributed by atoms with Gasteiger partial charge in [0.1, 0.15) is 0 Å². The molecule has 3 rings (SSSR count). The summed E-state index contributed by atoms with van der Waals surface area (Å²) in [5.74, 6) is 0.725. The molecule has 0 saturated heterocycles. The first-order chi connectivity index (χ1) is 13.1. The van der Waals surface area contributed by atoms with Gasteiger partial charge in [0.15, 0.2) is 11.5 Å². The molecule has 1 aromatic carbocycles. The molecule has 0 fully saturated rings. The average molecular weight is 385 g/mol. The Bertz CT molecular complexity index is 829. The molecular formula is C24H32O4. The zero-order valence-electron chi connectivity index (χ0n) is 18.0. The summed E-state index contributed by atoms with van der Waals surface area (Å²) >= 11 is 0. The summed E-state index contributed by atoms with van der Waals surface area (Å²) < 4.78 is 11.3. The highest BCUT2D eigenvalue weighted by atomic mass is 16.6. The Labute approximate surface area is 168 Å². The van der Waals surface area contributed by atoms with Gasteiger partial charge >= 0.3 is 11.9 Å². The molecule has 28 heavy (non-hydrogen) atoms. The largest absolute Gasteiger partial charge is 0.422 e. The summed E-state index contributed by atoms with van der Waals surface area (Å²) in [6.07, 6.45) is 7.43. The molecule has 1 atom stereocenters. The third kappa shape index (κ3) is 4.01. The molecule has 0 spiro atoms. The van der Waals surface area contributed by atoms with Crippen LogP contribution in [0.3, 0.4) is 0 Å². The molecule has 0 saturated carbocycles. The number of carbonyl (C=O) groups is 2. The van der Waals surface area contributed by atoms with Crippen molar-refractivity contribution in [1.29, 1.82) is 0 Å². The van der Waals surface area contributed by atoms with Crippen molar-refractivity contribution in [3.63, 3.8) is 0 Å². The van der Waals surface area contributed by atoms with Crippen LogP contribution < -0.4 is 9.47 Å². The number of esters is 2. The number of ether oxygens (including phenoxy) is 2. The number of benzene rings is 1. The lowest BCUT2D eigenvalue weighted by Gasteiger charge is -2.39. The summed E-state index contributed by atoms with van der Waals surface area (Å²) in [5, 5.41) is 0. The highest BCUT2D eigenvalue weighted by Gasteiger charge is 2.37. The van der Waals surface area contributed by atoms with E-state index >= 15 is 0 Å². The molecule has 152 valence electrons. The van der Waals surface area contributed by atoms with Gasteiger partial charge in [-0.1, -0.05) is 45.4 Å². The number of rotatable bonds is 3. The molecule has 4 nitrogen and oxygen atoms in total. The van der Waals surface area contributed by atoms with Crippen LogP contribution in [0.4, 0.5) is 0 Å². The monoisotopic (exact) mass is 384 g/mol. The molecule has 0 aromatic heterocycles. The Morgan fingerprint density at radius 1 is 1.11 bits per heavy atom. The van der Waals surface area contributed by atoms with Gasteiger partial charge in [-0.3, -0.25) is 9.59 Å². The molecule has 1 aromatic rings. The molecule has 1 unspecified atom stereocenters. The van der Waals surface area contributed by atoms with Crippen LogP contribution >= 0.6 is 0 Å². The van der Waals surface area contributed by atoms with Crippen LogP contribution in [0.25, 0.3) is 0 Å². The van der Waals surface area contributed by atoms with Gasteiger partial charge in [-0.2, -0.15) is 0 Å². The third-order valence-corrected chi connectivity index (χ3v) is 6.24. The van der Waals surface area contributed by atoms with E-state index in [0.717, 1.165) is 36.8 Å². The lowest BCUT2D eigenvalue weighted by molar-refractivity contribution is -0.134. The van der Waals surface area contributed by atoms with E-state index in [2.05, 4.69) is 39.8 Å². The maximum atomic E-state index is 11.9. The Hall–Kier alpha value is -2.10. The first kappa shape index (κ1) is 20.6. The van der Waals surface area contributed by atoms with Crippen LogP contribution in [-0.4, -0.2) is 11.9 Å². The summed E-state index contributed by atoms with van der Waals surface area (Å²) in [6.45, 7) is 11.6. The second-order valence-electron chi connectivity index (χ2n) is 9.18. The van der Waals surface area contributed by atoms with E-state index in [1.165, 1.54) is 31.4 Å². The number of fused-ring (bicyclic) bond motifs is 2. The Morgan fingerprint density at radius 3 is 2.36 bits per heavy atom. The minimum Gasteiger partial charge on any atom is -0.422 e. The number of allylic oxidation sites excluding steroid dienone is 2. The second-order valence-corrected chi connectivity index (χ2v) is 9.18. The number of hydrogen-bond donors (Lipinski definition) is 0. The topological polar surface area (TPSA) is 52.6 Å². The van der Waals surface area contributed by atoms with Gasteiger partial charge in [0.05, 0.1) is 0 Å². The Kier molecular flexibility index (Phi) is 5.69. The molecule has 4 heteroatoms. The van der Waals surface area contributed by atoms with Crippen molar-refractivity contribution in [2.24, 2.45) is 11.3 Å². The van der Waals surface area contributed by atoms with Gasteiger partial charge in [0.25, 0.3) is 0 Å². The van der Waals surface area contributed by atoms with Gasteiger partial charge < -0.3 is 9.47 Å². The highest BCUT2D eigenvalue weighted by molar-refractivity contribution is 5.76. The fourth-order valence-corrected chi connectivity index (χ4v) is 4.82. The maximum absolute atomic E-state index is 11.9. The summed E-state index contributed by atoms with van der Waals surface area (Å²) in [5.41, 5.74) is 4.83. The molecule has 0 heterocycles. The van der Waals surface area contributed by atoms with Crippen molar-refractivity contribution in [1.82, 2.24) is 0 Å². The van der Waals surface area contributed by atoms with Crippen LogP contribution in [-0.2, 0) is 22.4 Å². The van der Waals surface area contributed by atoms with Gasteiger partial charge in [0.2, 0.25) is 0 Å². The smallest absolute Gasteiger partial charge is 0.308 e. The van der Waals surface area contributed by atoms with Crippen molar-refractivity contribution in [3.8, 4) is 11.5 Å². The van der Waals surface area contributed by atoms with Crippen molar-refractivity contribution >= 4 is 11.9 Å². The molecule has 0 N–H and O–H groups in total. The Morgan fingerprint density at radius 2 is 1.75 bits per heavy atom. The fraction of sp³-hybridized carbons (Fsp3) is 0.583. The van der Waals surface area contributed by atoms with Crippen molar-refractivity contribution < 1.29 is 19.1 Å². The molecule has 0 aliphatic heterocycles. The number of aryl methyl sites for hydroxylation is 1. The second kappa shape index (κ2) is 7.73. The van der Waals surface area contributed by atoms with Gasteiger partial charge in [-0.25, -0.2) is 0 Å². The van der Waals surface area contributed by atoms with Crippen LogP contribution in [0.1, 0.15) is 83.4 Å². The first-order valence-electron chi connectivity index (χ1n) is 10.3. The van der Waals surface area contributed by atoms with Gasteiger partial charge in [0, 0.05) is 25.0 Å². The zero-order valence-corrected chi connectivity index (χ0v) is 18.0. The first-order valence-corrected chi connectivity index (χ1v) is 10.3. The standard InChI is InChI=1S/C24H32O4/c1-14(2)19-12-17-9-10-21-18(8-7-11-24(21,5)6)13-20(17)23(28-16(4)26)22(19)27-15(3)25/h8,12,14,21H,7,9-11,13H2,1-6H3. The van der Waals surface area contributed by atoms with Crippen molar-refractivity contribution in [2.45, 2.75) is 79.6 Å².